The highest BCUT2D eigenvalue weighted by Crippen LogP contribution is 2.54. The van der Waals surface area contributed by atoms with Crippen LogP contribution in [0.15, 0.2) is 97.1 Å². The molecular formula is C28H29I2P. The molecule has 0 atom stereocenters. The second kappa shape index (κ2) is 11.1. The fourth-order valence-corrected chi connectivity index (χ4v) is 8.14. The van der Waals surface area contributed by atoms with E-state index in [1.54, 1.807) is 0 Å². The van der Waals surface area contributed by atoms with E-state index in [0.717, 1.165) is 0 Å². The third kappa shape index (κ3) is 5.23. The number of hydrogen-bond donors (Lipinski definition) is 0. The molecule has 0 heterocycles. The van der Waals surface area contributed by atoms with Gasteiger partial charge in [-0.05, 0) is 76.2 Å². The highest BCUT2D eigenvalue weighted by atomic mass is 127. The van der Waals surface area contributed by atoms with Crippen molar-refractivity contribution in [2.75, 3.05) is 0 Å². The minimum Gasteiger partial charge on any atom is -1.00 e. The molecule has 0 aliphatic carbocycles. The van der Waals surface area contributed by atoms with Crippen molar-refractivity contribution >= 4 is 28.5 Å². The van der Waals surface area contributed by atoms with Crippen LogP contribution in [-0.4, -0.2) is 0 Å². The Balaban J connectivity index is 0.00000171. The zero-order chi connectivity index (χ0) is 20.4. The fourth-order valence-electron chi connectivity index (χ4n) is 3.97. The summed E-state index contributed by atoms with van der Waals surface area (Å²) in [5.74, 6) is 0. The van der Waals surface area contributed by atoms with Crippen molar-refractivity contribution < 1.29 is 49.4 Å². The number of hydrogen-bond acceptors (Lipinski definition) is 0. The van der Waals surface area contributed by atoms with Crippen molar-refractivity contribution in [3.05, 3.63) is 119 Å². The molecule has 0 spiro atoms. The monoisotopic (exact) mass is 650 g/mol. The summed E-state index contributed by atoms with van der Waals surface area (Å²) in [4.78, 5) is 0. The van der Waals surface area contributed by atoms with E-state index in [-0.39, 0.29) is 49.4 Å². The van der Waals surface area contributed by atoms with Crippen molar-refractivity contribution in [2.24, 2.45) is 0 Å². The van der Waals surface area contributed by atoms with Gasteiger partial charge in [0, 0.05) is 0 Å². The van der Waals surface area contributed by atoms with E-state index in [0.29, 0.717) is 0 Å². The molecule has 3 heteroatoms. The largest absolute Gasteiger partial charge is 1.00 e. The van der Waals surface area contributed by atoms with Crippen LogP contribution in [0.1, 0.15) is 23.7 Å². The van der Waals surface area contributed by atoms with Crippen LogP contribution < -0.4 is 69.2 Å². The SMILES string of the molecule is Cc1ccc([P+](c2ccc(C)cc2)(c2ccc(C)cc2)c2ccc(C)cc2)cc1.[H+].[I-].[I-]. The number of rotatable bonds is 4. The first kappa shape index (κ1) is 26.0. The standard InChI is InChI=1S/C28H28P.2HI/c1-21-5-13-25(14-6-21)29(26-15-7-22(2)8-16-26,27-17-9-23(3)10-18-27)28-19-11-24(4)12-20-28;;/h5-20H,1-4H3;2*1H/q+1;;/p-1. The summed E-state index contributed by atoms with van der Waals surface area (Å²) in [6, 6.07) is 36.7. The van der Waals surface area contributed by atoms with E-state index in [2.05, 4.69) is 125 Å². The second-order valence-electron chi connectivity index (χ2n) is 8.01. The normalized spacial score (nSPS) is 10.7. The Bertz CT molecular complexity index is 917. The average Bonchev–Trinajstić information content (AvgIpc) is 2.73. The van der Waals surface area contributed by atoms with Crippen molar-refractivity contribution in [2.45, 2.75) is 27.7 Å². The highest BCUT2D eigenvalue weighted by molar-refractivity contribution is 8.01. The lowest BCUT2D eigenvalue weighted by Gasteiger charge is -2.28. The summed E-state index contributed by atoms with van der Waals surface area (Å²) < 4.78 is 0. The Hall–Kier alpha value is -1.23. The molecule has 0 aromatic heterocycles. The van der Waals surface area contributed by atoms with Crippen LogP contribution in [0.2, 0.25) is 0 Å². The summed E-state index contributed by atoms with van der Waals surface area (Å²) in [7, 11) is -1.98. The van der Waals surface area contributed by atoms with Crippen LogP contribution in [0.4, 0.5) is 0 Å². The van der Waals surface area contributed by atoms with Crippen LogP contribution in [0.5, 0.6) is 0 Å². The maximum atomic E-state index is 2.34. The summed E-state index contributed by atoms with van der Waals surface area (Å²) in [5.41, 5.74) is 5.18. The van der Waals surface area contributed by atoms with Gasteiger partial charge in [-0.15, -0.1) is 0 Å². The predicted molar refractivity (Wildman–Crippen MR) is 131 cm³/mol. The Morgan fingerprint density at radius 3 is 0.677 bits per heavy atom. The molecule has 0 aliphatic rings. The lowest BCUT2D eigenvalue weighted by atomic mass is 10.2. The Labute approximate surface area is 223 Å². The summed E-state index contributed by atoms with van der Waals surface area (Å²) in [5, 5.41) is 5.61. The van der Waals surface area contributed by atoms with Gasteiger partial charge in [-0.1, -0.05) is 70.8 Å². The van der Waals surface area contributed by atoms with Crippen molar-refractivity contribution in [1.82, 2.24) is 0 Å². The Kier molecular flexibility index (Phi) is 9.29. The average molecular weight is 650 g/mol. The van der Waals surface area contributed by atoms with Gasteiger partial charge in [0.15, 0.2) is 0 Å². The first-order valence-electron chi connectivity index (χ1n) is 10.2. The van der Waals surface area contributed by atoms with E-state index in [1.807, 2.05) is 0 Å². The zero-order valence-electron chi connectivity index (χ0n) is 19.4. The first-order valence-corrected chi connectivity index (χ1v) is 12.0. The zero-order valence-corrected chi connectivity index (χ0v) is 23.7. The quantitative estimate of drug-likeness (QED) is 0.210. The molecule has 0 unspecified atom stereocenters. The molecule has 0 N–H and O–H groups in total. The molecule has 0 nitrogen and oxygen atoms in total. The Morgan fingerprint density at radius 2 is 0.516 bits per heavy atom. The van der Waals surface area contributed by atoms with Crippen LogP contribution in [0.3, 0.4) is 0 Å². The number of aryl methyl sites for hydroxylation is 4. The lowest BCUT2D eigenvalue weighted by molar-refractivity contribution is -0.001000. The topological polar surface area (TPSA) is 0 Å². The predicted octanol–water partition coefficient (Wildman–Crippen LogP) is -0.340. The molecule has 4 aromatic carbocycles. The maximum Gasteiger partial charge on any atom is 1.00 e. The Morgan fingerprint density at radius 1 is 0.355 bits per heavy atom. The van der Waals surface area contributed by atoms with Crippen LogP contribution in [-0.2, 0) is 0 Å². The molecule has 0 radical (unpaired) electrons. The van der Waals surface area contributed by atoms with Crippen LogP contribution >= 0.6 is 7.26 Å². The smallest absolute Gasteiger partial charge is 1.00 e. The summed E-state index contributed by atoms with van der Waals surface area (Å²) in [6.07, 6.45) is 0. The molecule has 4 rings (SSSR count). The van der Waals surface area contributed by atoms with E-state index in [1.165, 1.54) is 43.5 Å². The molecule has 0 bridgehead atoms. The third-order valence-corrected chi connectivity index (χ3v) is 9.98. The molecular weight excluding hydrogens is 621 g/mol. The van der Waals surface area contributed by atoms with Crippen molar-refractivity contribution in [3.63, 3.8) is 0 Å². The van der Waals surface area contributed by atoms with E-state index in [4.69, 9.17) is 0 Å². The van der Waals surface area contributed by atoms with Gasteiger partial charge in [-0.25, -0.2) is 0 Å². The highest BCUT2D eigenvalue weighted by Gasteiger charge is 2.47. The van der Waals surface area contributed by atoms with Gasteiger partial charge in [0.05, 0.1) is 0 Å². The van der Waals surface area contributed by atoms with Gasteiger partial charge in [0.1, 0.15) is 28.5 Å². The molecule has 0 saturated carbocycles. The van der Waals surface area contributed by atoms with E-state index in [9.17, 15) is 0 Å². The van der Waals surface area contributed by atoms with Gasteiger partial charge in [0.25, 0.3) is 0 Å². The first-order chi connectivity index (χ1) is 14.0. The summed E-state index contributed by atoms with van der Waals surface area (Å²) >= 11 is 0. The number of halogens is 2. The van der Waals surface area contributed by atoms with E-state index >= 15 is 0 Å². The fraction of sp³-hybridized carbons (Fsp3) is 0.143. The minimum absolute atomic E-state index is 0. The number of benzene rings is 4. The van der Waals surface area contributed by atoms with Gasteiger partial charge >= 0.3 is 1.43 Å². The van der Waals surface area contributed by atoms with Gasteiger partial charge in [-0.2, -0.15) is 0 Å². The summed E-state index contributed by atoms with van der Waals surface area (Å²) in [6.45, 7) is 8.64. The third-order valence-electron chi connectivity index (χ3n) is 5.69. The molecule has 0 fully saturated rings. The van der Waals surface area contributed by atoms with E-state index < -0.39 is 7.26 Å². The molecule has 0 aliphatic heterocycles. The van der Waals surface area contributed by atoms with Gasteiger partial charge < -0.3 is 48.0 Å². The second-order valence-corrected chi connectivity index (χ2v) is 11.4. The van der Waals surface area contributed by atoms with Crippen molar-refractivity contribution in [3.8, 4) is 0 Å². The minimum atomic E-state index is -1.98. The molecule has 0 amide bonds. The van der Waals surface area contributed by atoms with Gasteiger partial charge in [-0.3, -0.25) is 0 Å². The van der Waals surface area contributed by atoms with Gasteiger partial charge in [0.2, 0.25) is 0 Å². The van der Waals surface area contributed by atoms with Crippen molar-refractivity contribution in [1.29, 1.82) is 0 Å². The molecule has 4 aromatic rings. The van der Waals surface area contributed by atoms with Crippen LogP contribution in [0.25, 0.3) is 0 Å². The molecule has 0 saturated heterocycles. The maximum absolute atomic E-state index is 2.34. The molecule has 31 heavy (non-hydrogen) atoms. The lowest BCUT2D eigenvalue weighted by Crippen LogP contribution is -3.00. The van der Waals surface area contributed by atoms with Crippen LogP contribution in [0, 0.1) is 27.7 Å². The molecule has 160 valence electrons.